The van der Waals surface area contributed by atoms with E-state index in [1.807, 2.05) is 0 Å². The average Bonchev–Trinajstić information content (AvgIpc) is 2.53. The van der Waals surface area contributed by atoms with Crippen molar-refractivity contribution in [3.05, 3.63) is 57.5 Å². The van der Waals surface area contributed by atoms with Gasteiger partial charge in [0.2, 0.25) is 0 Å². The van der Waals surface area contributed by atoms with Gasteiger partial charge in [0.15, 0.2) is 0 Å². The van der Waals surface area contributed by atoms with Crippen molar-refractivity contribution in [3.63, 3.8) is 0 Å². The highest BCUT2D eigenvalue weighted by atomic mass is 35.5. The standard InChI is InChI=1S/C17H18ClN3O4/c1-9(2)14(17(24)25)21-7-3-4-13(16(21)23)20-15(22)10-5-6-12(19)11(18)8-10/h3-9,14H,19H2,1-2H3,(H,20,22)(H,24,25). The van der Waals surface area contributed by atoms with Crippen LogP contribution in [0.3, 0.4) is 0 Å². The summed E-state index contributed by atoms with van der Waals surface area (Å²) < 4.78 is 1.10. The minimum Gasteiger partial charge on any atom is -0.480 e. The fourth-order valence-electron chi connectivity index (χ4n) is 2.41. The number of amides is 1. The number of nitrogens with two attached hydrogens (primary N) is 1. The molecule has 0 spiro atoms. The van der Waals surface area contributed by atoms with Crippen molar-refractivity contribution in [3.8, 4) is 0 Å². The Hall–Kier alpha value is -2.80. The summed E-state index contributed by atoms with van der Waals surface area (Å²) in [5, 5.41) is 12.1. The lowest BCUT2D eigenvalue weighted by Crippen LogP contribution is -2.34. The second-order valence-electron chi connectivity index (χ2n) is 5.85. The molecule has 1 atom stereocenters. The van der Waals surface area contributed by atoms with E-state index >= 15 is 0 Å². The molecule has 1 heterocycles. The van der Waals surface area contributed by atoms with Crippen molar-refractivity contribution < 1.29 is 14.7 Å². The Labute approximate surface area is 149 Å². The lowest BCUT2D eigenvalue weighted by atomic mass is 10.0. The monoisotopic (exact) mass is 363 g/mol. The van der Waals surface area contributed by atoms with E-state index in [1.165, 1.54) is 36.5 Å². The number of benzene rings is 1. The molecule has 1 aromatic heterocycles. The summed E-state index contributed by atoms with van der Waals surface area (Å²) >= 11 is 5.89. The quantitative estimate of drug-likeness (QED) is 0.706. The Bertz CT molecular complexity index is 876. The van der Waals surface area contributed by atoms with Crippen LogP contribution in [-0.2, 0) is 4.79 Å². The van der Waals surface area contributed by atoms with Gasteiger partial charge >= 0.3 is 5.97 Å². The molecule has 0 radical (unpaired) electrons. The maximum atomic E-state index is 12.5. The molecule has 8 heteroatoms. The average molecular weight is 364 g/mol. The van der Waals surface area contributed by atoms with E-state index in [2.05, 4.69) is 5.32 Å². The minimum absolute atomic E-state index is 0.0210. The van der Waals surface area contributed by atoms with Gasteiger partial charge in [0.25, 0.3) is 11.5 Å². The SMILES string of the molecule is CC(C)C(C(=O)O)n1cccc(NC(=O)c2ccc(N)c(Cl)c2)c1=O. The fourth-order valence-corrected chi connectivity index (χ4v) is 2.59. The lowest BCUT2D eigenvalue weighted by molar-refractivity contribution is -0.142. The van der Waals surface area contributed by atoms with Gasteiger partial charge in [0, 0.05) is 11.8 Å². The van der Waals surface area contributed by atoms with Gasteiger partial charge in [-0.15, -0.1) is 0 Å². The second-order valence-corrected chi connectivity index (χ2v) is 6.26. The Morgan fingerprint density at radius 2 is 1.96 bits per heavy atom. The summed E-state index contributed by atoms with van der Waals surface area (Å²) in [5.41, 5.74) is 5.55. The molecule has 2 rings (SSSR count). The van der Waals surface area contributed by atoms with Crippen LogP contribution in [0.1, 0.15) is 30.2 Å². The van der Waals surface area contributed by atoms with Crippen molar-refractivity contribution >= 4 is 34.9 Å². The van der Waals surface area contributed by atoms with E-state index < -0.39 is 23.5 Å². The third-order valence-corrected chi connectivity index (χ3v) is 4.00. The number of carboxylic acids is 1. The predicted octanol–water partition coefficient (Wildman–Crippen LogP) is 2.62. The number of hydrogen-bond donors (Lipinski definition) is 3. The number of aliphatic carboxylic acids is 1. The molecule has 0 fully saturated rings. The molecule has 0 saturated carbocycles. The molecule has 1 amide bonds. The molecule has 7 nitrogen and oxygen atoms in total. The number of nitrogen functional groups attached to an aromatic ring is 1. The van der Waals surface area contributed by atoms with E-state index in [-0.39, 0.29) is 22.2 Å². The van der Waals surface area contributed by atoms with Gasteiger partial charge in [-0.2, -0.15) is 0 Å². The van der Waals surface area contributed by atoms with Crippen LogP contribution >= 0.6 is 11.6 Å². The van der Waals surface area contributed by atoms with Crippen LogP contribution < -0.4 is 16.6 Å². The van der Waals surface area contributed by atoms with E-state index in [9.17, 15) is 19.5 Å². The van der Waals surface area contributed by atoms with E-state index in [0.29, 0.717) is 5.69 Å². The van der Waals surface area contributed by atoms with Gasteiger partial charge in [-0.3, -0.25) is 14.2 Å². The summed E-state index contributed by atoms with van der Waals surface area (Å²) in [6, 6.07) is 6.24. The molecule has 0 aliphatic heterocycles. The fraction of sp³-hybridized carbons (Fsp3) is 0.235. The van der Waals surface area contributed by atoms with Crippen LogP contribution in [0.4, 0.5) is 11.4 Å². The first-order valence-electron chi connectivity index (χ1n) is 7.52. The largest absolute Gasteiger partial charge is 0.480 e. The zero-order valence-electron chi connectivity index (χ0n) is 13.7. The van der Waals surface area contributed by atoms with Crippen molar-refractivity contribution in [1.29, 1.82) is 0 Å². The number of nitrogens with one attached hydrogen (secondary N) is 1. The molecular weight excluding hydrogens is 346 g/mol. The van der Waals surface area contributed by atoms with E-state index in [0.717, 1.165) is 4.57 Å². The first-order valence-corrected chi connectivity index (χ1v) is 7.90. The molecule has 2 aromatic rings. The van der Waals surface area contributed by atoms with Crippen LogP contribution in [0.5, 0.6) is 0 Å². The van der Waals surface area contributed by atoms with Crippen molar-refractivity contribution in [2.24, 2.45) is 5.92 Å². The summed E-state index contributed by atoms with van der Waals surface area (Å²) in [5.74, 6) is -1.98. The maximum absolute atomic E-state index is 12.5. The highest BCUT2D eigenvalue weighted by Gasteiger charge is 2.25. The van der Waals surface area contributed by atoms with Crippen molar-refractivity contribution in [2.45, 2.75) is 19.9 Å². The Balaban J connectivity index is 2.36. The van der Waals surface area contributed by atoms with Gasteiger partial charge < -0.3 is 16.2 Å². The molecule has 0 saturated heterocycles. The van der Waals surface area contributed by atoms with Gasteiger partial charge in [-0.25, -0.2) is 4.79 Å². The van der Waals surface area contributed by atoms with E-state index in [4.69, 9.17) is 17.3 Å². The summed E-state index contributed by atoms with van der Waals surface area (Å²) in [6.45, 7) is 3.40. The molecule has 1 unspecified atom stereocenters. The summed E-state index contributed by atoms with van der Waals surface area (Å²) in [4.78, 5) is 36.3. The highest BCUT2D eigenvalue weighted by molar-refractivity contribution is 6.33. The molecule has 132 valence electrons. The normalized spacial score (nSPS) is 12.0. The van der Waals surface area contributed by atoms with Gasteiger partial charge in [-0.1, -0.05) is 25.4 Å². The number of carbonyl (C=O) groups is 2. The lowest BCUT2D eigenvalue weighted by Gasteiger charge is -2.19. The number of nitrogens with zero attached hydrogens (tertiary/aromatic N) is 1. The number of carboxylic acid groups (broad SMARTS) is 1. The molecular formula is C17H18ClN3O4. The first kappa shape index (κ1) is 18.5. The number of anilines is 2. The third-order valence-electron chi connectivity index (χ3n) is 3.67. The third kappa shape index (κ3) is 4.00. The molecule has 0 bridgehead atoms. The van der Waals surface area contributed by atoms with Gasteiger partial charge in [0.05, 0.1) is 10.7 Å². The molecule has 25 heavy (non-hydrogen) atoms. The second kappa shape index (κ2) is 7.40. The summed E-state index contributed by atoms with van der Waals surface area (Å²) in [6.07, 6.45) is 1.39. The van der Waals surface area contributed by atoms with Crippen LogP contribution in [0.25, 0.3) is 0 Å². The molecule has 1 aromatic carbocycles. The number of pyridine rings is 1. The number of halogens is 1. The topological polar surface area (TPSA) is 114 Å². The smallest absolute Gasteiger partial charge is 0.327 e. The summed E-state index contributed by atoms with van der Waals surface area (Å²) in [7, 11) is 0. The van der Waals surface area contributed by atoms with Gasteiger partial charge in [-0.05, 0) is 36.2 Å². The van der Waals surface area contributed by atoms with Crippen LogP contribution in [0.15, 0.2) is 41.3 Å². The number of hydrogen-bond acceptors (Lipinski definition) is 4. The Kier molecular flexibility index (Phi) is 5.48. The van der Waals surface area contributed by atoms with E-state index in [1.54, 1.807) is 13.8 Å². The highest BCUT2D eigenvalue weighted by Crippen LogP contribution is 2.20. The van der Waals surface area contributed by atoms with Crippen LogP contribution in [0.2, 0.25) is 5.02 Å². The first-order chi connectivity index (χ1) is 11.7. The van der Waals surface area contributed by atoms with Crippen LogP contribution in [0, 0.1) is 5.92 Å². The zero-order chi connectivity index (χ0) is 18.7. The number of carbonyl (C=O) groups excluding carboxylic acids is 1. The predicted molar refractivity (Wildman–Crippen MR) is 96.0 cm³/mol. The number of rotatable bonds is 5. The minimum atomic E-state index is -1.12. The van der Waals surface area contributed by atoms with Gasteiger partial charge in [0.1, 0.15) is 11.7 Å². The van der Waals surface area contributed by atoms with Crippen molar-refractivity contribution in [1.82, 2.24) is 4.57 Å². The maximum Gasteiger partial charge on any atom is 0.327 e. The Morgan fingerprint density at radius 1 is 1.28 bits per heavy atom. The van der Waals surface area contributed by atoms with Crippen molar-refractivity contribution in [2.75, 3.05) is 11.1 Å². The number of aromatic nitrogens is 1. The van der Waals surface area contributed by atoms with Crippen LogP contribution in [-0.4, -0.2) is 21.6 Å². The molecule has 0 aliphatic carbocycles. The molecule has 4 N–H and O–H groups in total. The molecule has 0 aliphatic rings. The Morgan fingerprint density at radius 3 is 2.52 bits per heavy atom. The zero-order valence-corrected chi connectivity index (χ0v) is 14.4.